The molecule has 0 saturated carbocycles. The molecule has 1 aliphatic carbocycles. The lowest BCUT2D eigenvalue weighted by molar-refractivity contribution is 0.122. The van der Waals surface area contributed by atoms with Gasteiger partial charge in [-0.15, -0.1) is 0 Å². The van der Waals surface area contributed by atoms with Gasteiger partial charge in [0.2, 0.25) is 11.8 Å². The molecular formula is C48H47N3O6. The maximum absolute atomic E-state index is 7.70. The van der Waals surface area contributed by atoms with Crippen molar-refractivity contribution in [2.45, 2.75) is 37.7 Å². The van der Waals surface area contributed by atoms with E-state index in [2.05, 4.69) is 114 Å². The lowest BCUT2D eigenvalue weighted by Crippen LogP contribution is -2.37. The maximum atomic E-state index is 7.70. The molecule has 1 atom stereocenters. The molecule has 6 aromatic rings. The van der Waals surface area contributed by atoms with E-state index < -0.39 is 5.60 Å². The molecule has 5 aromatic carbocycles. The van der Waals surface area contributed by atoms with Gasteiger partial charge in [0.25, 0.3) is 0 Å². The highest BCUT2D eigenvalue weighted by Gasteiger charge is 2.47. The predicted octanol–water partition coefficient (Wildman–Crippen LogP) is 9.60. The molecule has 3 aliphatic rings. The van der Waals surface area contributed by atoms with Crippen molar-refractivity contribution in [2.75, 3.05) is 59.6 Å². The Bertz CT molecular complexity index is 2480. The van der Waals surface area contributed by atoms with Crippen LogP contribution in [-0.2, 0) is 15.8 Å². The molecule has 1 fully saturated rings. The molecule has 0 N–H and O–H groups in total. The molecule has 290 valence electrons. The molecule has 1 unspecified atom stereocenters. The minimum atomic E-state index is -0.997. The fourth-order valence-corrected chi connectivity index (χ4v) is 9.31. The normalized spacial score (nSPS) is 17.7. The molecule has 2 aliphatic heterocycles. The largest absolute Gasteiger partial charge is 0.493 e. The zero-order chi connectivity index (χ0) is 39.3. The third kappa shape index (κ3) is 5.70. The monoisotopic (exact) mass is 761 g/mol. The molecule has 9 heteroatoms. The molecule has 9 nitrogen and oxygen atoms in total. The quantitative estimate of drug-likeness (QED) is 0.136. The van der Waals surface area contributed by atoms with Crippen LogP contribution in [0.1, 0.15) is 54.5 Å². The van der Waals surface area contributed by atoms with Gasteiger partial charge in [0.05, 0.1) is 47.7 Å². The summed E-state index contributed by atoms with van der Waals surface area (Å²) in [7, 11) is 6.55. The van der Waals surface area contributed by atoms with Gasteiger partial charge < -0.3 is 33.3 Å². The summed E-state index contributed by atoms with van der Waals surface area (Å²) in [4.78, 5) is 11.6. The van der Waals surface area contributed by atoms with Crippen LogP contribution in [-0.4, -0.2) is 64.7 Å². The van der Waals surface area contributed by atoms with Gasteiger partial charge in [0, 0.05) is 51.8 Å². The van der Waals surface area contributed by atoms with Crippen molar-refractivity contribution in [1.82, 2.24) is 9.97 Å². The van der Waals surface area contributed by atoms with E-state index in [1.165, 1.54) is 22.3 Å². The Hall–Kier alpha value is -6.06. The number of methoxy groups -OCH3 is 4. The second-order valence-corrected chi connectivity index (χ2v) is 14.8. The van der Waals surface area contributed by atoms with Crippen molar-refractivity contribution >= 4 is 22.5 Å². The number of anilines is 1. The van der Waals surface area contributed by atoms with E-state index in [1.807, 2.05) is 12.1 Å². The van der Waals surface area contributed by atoms with E-state index in [0.717, 1.165) is 83.6 Å². The number of fused-ring (bicyclic) bond motifs is 8. The SMILES string of the molecule is CCC1(CC)c2ccccc2-c2c1c1c(c3cc(OC)c(OC)cc23)OC(c2ccc(-c3nc(OC)cc(OC)n3)cc2)(c2ccc(N3CCOCC3)cc2)C=C1. The second-order valence-electron chi connectivity index (χ2n) is 14.8. The van der Waals surface area contributed by atoms with Crippen molar-refractivity contribution < 1.29 is 28.4 Å². The van der Waals surface area contributed by atoms with Gasteiger partial charge in [0.1, 0.15) is 5.75 Å². The summed E-state index contributed by atoms with van der Waals surface area (Å²) in [5.74, 6) is 3.50. The third-order valence-electron chi connectivity index (χ3n) is 12.3. The first-order valence-corrected chi connectivity index (χ1v) is 19.7. The Kier molecular flexibility index (Phi) is 9.28. The first-order chi connectivity index (χ1) is 27.9. The summed E-state index contributed by atoms with van der Waals surface area (Å²) < 4.78 is 36.2. The Labute approximate surface area is 333 Å². The Morgan fingerprint density at radius 1 is 0.702 bits per heavy atom. The second kappa shape index (κ2) is 14.5. The van der Waals surface area contributed by atoms with Crippen LogP contribution in [0.15, 0.2) is 97.1 Å². The first-order valence-electron chi connectivity index (χ1n) is 19.7. The van der Waals surface area contributed by atoms with E-state index in [9.17, 15) is 0 Å². The van der Waals surface area contributed by atoms with Gasteiger partial charge >= 0.3 is 0 Å². The first kappa shape index (κ1) is 36.6. The maximum Gasteiger partial charge on any atom is 0.220 e. The number of hydrogen-bond acceptors (Lipinski definition) is 9. The van der Waals surface area contributed by atoms with Gasteiger partial charge in [-0.05, 0) is 70.8 Å². The topological polar surface area (TPSA) is 84.4 Å². The van der Waals surface area contributed by atoms with Crippen molar-refractivity contribution in [3.63, 3.8) is 0 Å². The summed E-state index contributed by atoms with van der Waals surface area (Å²) in [6.45, 7) is 7.75. The fraction of sp³-hybridized carbons (Fsp3) is 0.292. The molecular weight excluding hydrogens is 715 g/mol. The van der Waals surface area contributed by atoms with E-state index >= 15 is 0 Å². The Morgan fingerprint density at radius 3 is 1.93 bits per heavy atom. The van der Waals surface area contributed by atoms with Crippen LogP contribution >= 0.6 is 0 Å². The molecule has 0 bridgehead atoms. The molecule has 0 radical (unpaired) electrons. The summed E-state index contributed by atoms with van der Waals surface area (Å²) in [5.41, 5.74) is 8.98. The van der Waals surface area contributed by atoms with Crippen molar-refractivity contribution in [3.8, 4) is 51.5 Å². The van der Waals surface area contributed by atoms with Crippen molar-refractivity contribution in [3.05, 3.63) is 125 Å². The average Bonchev–Trinajstić information content (AvgIpc) is 3.59. The molecule has 1 saturated heterocycles. The number of rotatable bonds is 10. The van der Waals surface area contributed by atoms with Crippen LogP contribution in [0.3, 0.4) is 0 Å². The number of aromatic nitrogens is 2. The highest BCUT2D eigenvalue weighted by Crippen LogP contribution is 2.61. The third-order valence-corrected chi connectivity index (χ3v) is 12.3. The molecule has 0 spiro atoms. The lowest BCUT2D eigenvalue weighted by atomic mass is 9.71. The number of benzene rings is 5. The van der Waals surface area contributed by atoms with E-state index in [0.29, 0.717) is 29.1 Å². The minimum absolute atomic E-state index is 0.204. The Balaban J connectivity index is 1.28. The van der Waals surface area contributed by atoms with Crippen molar-refractivity contribution in [2.24, 2.45) is 0 Å². The van der Waals surface area contributed by atoms with Crippen LogP contribution in [0.5, 0.6) is 29.0 Å². The smallest absolute Gasteiger partial charge is 0.220 e. The van der Waals surface area contributed by atoms with Crippen LogP contribution in [0.2, 0.25) is 0 Å². The molecule has 3 heterocycles. The van der Waals surface area contributed by atoms with Crippen LogP contribution in [0.4, 0.5) is 5.69 Å². The van der Waals surface area contributed by atoms with Gasteiger partial charge in [-0.25, -0.2) is 0 Å². The number of hydrogen-bond donors (Lipinski definition) is 0. The number of nitrogens with zero attached hydrogens (tertiary/aromatic N) is 3. The number of ether oxygens (including phenoxy) is 6. The summed E-state index contributed by atoms with van der Waals surface area (Å²) in [6, 6.07) is 31.8. The fourth-order valence-electron chi connectivity index (χ4n) is 9.31. The van der Waals surface area contributed by atoms with Crippen LogP contribution < -0.4 is 28.6 Å². The molecule has 1 aromatic heterocycles. The zero-order valence-electron chi connectivity index (χ0n) is 33.3. The lowest BCUT2D eigenvalue weighted by Gasteiger charge is -2.39. The number of morpholine rings is 1. The van der Waals surface area contributed by atoms with E-state index in [1.54, 1.807) is 34.5 Å². The van der Waals surface area contributed by atoms with Crippen molar-refractivity contribution in [1.29, 1.82) is 0 Å². The summed E-state index contributed by atoms with van der Waals surface area (Å²) in [6.07, 6.45) is 6.43. The summed E-state index contributed by atoms with van der Waals surface area (Å²) in [5, 5.41) is 2.04. The molecule has 57 heavy (non-hydrogen) atoms. The van der Waals surface area contributed by atoms with E-state index in [4.69, 9.17) is 28.4 Å². The van der Waals surface area contributed by atoms with Gasteiger partial charge in [-0.3, -0.25) is 0 Å². The highest BCUT2D eigenvalue weighted by atomic mass is 16.5. The standard InChI is InChI=1S/C48H47N3O6/c1-7-47(8-2)38-12-10-9-11-34(38)43-36-27-39(52-3)40(53-4)28-37(36)45-35(44(43)47)21-22-48(57-45,32-17-19-33(20-18-32)51-23-25-56-26-24-51)31-15-13-30(14-16-31)46-49-41(54-5)29-42(50-46)55-6/h9-22,27-29H,7-8,23-26H2,1-6H3. The Morgan fingerprint density at radius 2 is 1.32 bits per heavy atom. The van der Waals surface area contributed by atoms with Gasteiger partial charge in [0.15, 0.2) is 22.9 Å². The molecule has 9 rings (SSSR count). The predicted molar refractivity (Wildman–Crippen MR) is 224 cm³/mol. The highest BCUT2D eigenvalue weighted by molar-refractivity contribution is 6.09. The van der Waals surface area contributed by atoms with Crippen LogP contribution in [0, 0.1) is 0 Å². The zero-order valence-corrected chi connectivity index (χ0v) is 33.3. The molecule has 0 amide bonds. The van der Waals surface area contributed by atoms with Gasteiger partial charge in [-0.2, -0.15) is 9.97 Å². The van der Waals surface area contributed by atoms with E-state index in [-0.39, 0.29) is 5.41 Å². The van der Waals surface area contributed by atoms with Gasteiger partial charge in [-0.1, -0.05) is 80.6 Å². The van der Waals surface area contributed by atoms with Crippen LogP contribution in [0.25, 0.3) is 39.4 Å². The minimum Gasteiger partial charge on any atom is -0.493 e. The summed E-state index contributed by atoms with van der Waals surface area (Å²) >= 11 is 0. The average molecular weight is 762 g/mol.